The molecule has 0 saturated heterocycles. The zero-order valence-corrected chi connectivity index (χ0v) is 12.9. The normalized spacial score (nSPS) is 32.0. The van der Waals surface area contributed by atoms with Gasteiger partial charge in [0.15, 0.2) is 0 Å². The molecule has 1 aromatic rings. The van der Waals surface area contributed by atoms with Crippen LogP contribution in [0.2, 0.25) is 0 Å². The SMILES string of the molecule is Cc1noc(C)c1CC(=O)NC1C2CCCC1CC(N)C2. The smallest absolute Gasteiger partial charge is 0.224 e. The van der Waals surface area contributed by atoms with Crippen molar-refractivity contribution < 1.29 is 9.32 Å². The molecule has 2 aliphatic carbocycles. The summed E-state index contributed by atoms with van der Waals surface area (Å²) in [7, 11) is 0. The van der Waals surface area contributed by atoms with Crippen LogP contribution in [0.4, 0.5) is 0 Å². The third-order valence-electron chi connectivity index (χ3n) is 5.22. The van der Waals surface area contributed by atoms with Gasteiger partial charge in [0, 0.05) is 17.6 Å². The lowest BCUT2D eigenvalue weighted by Gasteiger charge is -2.45. The van der Waals surface area contributed by atoms with Crippen LogP contribution in [-0.2, 0) is 11.2 Å². The molecule has 2 unspecified atom stereocenters. The Balaban J connectivity index is 1.65. The van der Waals surface area contributed by atoms with E-state index in [0.29, 0.717) is 30.3 Å². The van der Waals surface area contributed by atoms with Crippen molar-refractivity contribution in [1.29, 1.82) is 0 Å². The fraction of sp³-hybridized carbons (Fsp3) is 0.750. The highest BCUT2D eigenvalue weighted by Crippen LogP contribution is 2.39. The van der Waals surface area contributed by atoms with E-state index in [-0.39, 0.29) is 5.91 Å². The van der Waals surface area contributed by atoms with Gasteiger partial charge < -0.3 is 15.6 Å². The van der Waals surface area contributed by atoms with Crippen LogP contribution in [-0.4, -0.2) is 23.1 Å². The highest BCUT2D eigenvalue weighted by atomic mass is 16.5. The third kappa shape index (κ3) is 2.98. The maximum Gasteiger partial charge on any atom is 0.224 e. The molecule has 2 aliphatic rings. The van der Waals surface area contributed by atoms with Gasteiger partial charge in [0.25, 0.3) is 0 Å². The van der Waals surface area contributed by atoms with Gasteiger partial charge in [0.05, 0.1) is 12.1 Å². The predicted molar refractivity (Wildman–Crippen MR) is 79.7 cm³/mol. The van der Waals surface area contributed by atoms with Gasteiger partial charge in [-0.25, -0.2) is 0 Å². The van der Waals surface area contributed by atoms with Crippen molar-refractivity contribution in [3.05, 3.63) is 17.0 Å². The molecule has 2 fully saturated rings. The summed E-state index contributed by atoms with van der Waals surface area (Å²) in [6, 6.07) is 0.627. The van der Waals surface area contributed by atoms with Crippen LogP contribution in [0, 0.1) is 25.7 Å². The van der Waals surface area contributed by atoms with Crippen molar-refractivity contribution in [2.45, 2.75) is 64.5 Å². The van der Waals surface area contributed by atoms with Crippen LogP contribution in [0.25, 0.3) is 0 Å². The number of rotatable bonds is 3. The number of fused-ring (bicyclic) bond motifs is 2. The molecule has 5 heteroatoms. The van der Waals surface area contributed by atoms with Crippen molar-refractivity contribution in [1.82, 2.24) is 10.5 Å². The van der Waals surface area contributed by atoms with Gasteiger partial charge in [-0.3, -0.25) is 4.79 Å². The number of hydrogen-bond donors (Lipinski definition) is 2. The molecule has 1 aromatic heterocycles. The fourth-order valence-corrected chi connectivity index (χ4v) is 4.18. The minimum absolute atomic E-state index is 0.0850. The topological polar surface area (TPSA) is 81.2 Å². The largest absolute Gasteiger partial charge is 0.361 e. The summed E-state index contributed by atoms with van der Waals surface area (Å²) in [6.45, 7) is 3.74. The van der Waals surface area contributed by atoms with E-state index in [4.69, 9.17) is 10.3 Å². The van der Waals surface area contributed by atoms with Crippen LogP contribution >= 0.6 is 0 Å². The van der Waals surface area contributed by atoms with Crippen molar-refractivity contribution in [2.24, 2.45) is 17.6 Å². The Kier molecular flexibility index (Phi) is 4.02. The first kappa shape index (κ1) is 14.6. The molecule has 116 valence electrons. The van der Waals surface area contributed by atoms with E-state index in [1.54, 1.807) is 0 Å². The van der Waals surface area contributed by atoms with E-state index in [1.807, 2.05) is 13.8 Å². The minimum Gasteiger partial charge on any atom is -0.361 e. The number of nitrogens with one attached hydrogen (secondary N) is 1. The Morgan fingerprint density at radius 2 is 2.00 bits per heavy atom. The van der Waals surface area contributed by atoms with Gasteiger partial charge in [-0.05, 0) is 51.4 Å². The second-order valence-electron chi connectivity index (χ2n) is 6.76. The van der Waals surface area contributed by atoms with Gasteiger partial charge in [0.2, 0.25) is 5.91 Å². The van der Waals surface area contributed by atoms with Gasteiger partial charge >= 0.3 is 0 Å². The molecular weight excluding hydrogens is 266 g/mol. The molecule has 0 aliphatic heterocycles. The van der Waals surface area contributed by atoms with Crippen molar-refractivity contribution in [2.75, 3.05) is 0 Å². The van der Waals surface area contributed by atoms with E-state index in [2.05, 4.69) is 10.5 Å². The number of hydrogen-bond acceptors (Lipinski definition) is 4. The average molecular weight is 291 g/mol. The summed E-state index contributed by atoms with van der Waals surface area (Å²) in [4.78, 5) is 12.4. The molecule has 3 rings (SSSR count). The second-order valence-corrected chi connectivity index (χ2v) is 6.76. The summed E-state index contributed by atoms with van der Waals surface area (Å²) in [5.74, 6) is 1.94. The molecule has 0 aromatic carbocycles. The van der Waals surface area contributed by atoms with E-state index in [9.17, 15) is 4.79 Å². The van der Waals surface area contributed by atoms with E-state index in [0.717, 1.165) is 29.9 Å². The Bertz CT molecular complexity index is 492. The maximum atomic E-state index is 12.4. The molecule has 2 atom stereocenters. The van der Waals surface area contributed by atoms with Crippen LogP contribution in [0.5, 0.6) is 0 Å². The summed E-state index contributed by atoms with van der Waals surface area (Å²) in [6.07, 6.45) is 6.13. The Morgan fingerprint density at radius 1 is 1.33 bits per heavy atom. The van der Waals surface area contributed by atoms with Gasteiger partial charge in [-0.1, -0.05) is 11.6 Å². The first-order chi connectivity index (χ1) is 10.0. The van der Waals surface area contributed by atoms with Crippen molar-refractivity contribution >= 4 is 5.91 Å². The van der Waals surface area contributed by atoms with Crippen LogP contribution in [0.1, 0.15) is 49.1 Å². The molecule has 1 amide bonds. The zero-order valence-electron chi connectivity index (χ0n) is 12.9. The van der Waals surface area contributed by atoms with E-state index < -0.39 is 0 Å². The molecular formula is C16H25N3O2. The lowest BCUT2D eigenvalue weighted by Crippen LogP contribution is -2.54. The third-order valence-corrected chi connectivity index (χ3v) is 5.22. The summed E-state index contributed by atoms with van der Waals surface area (Å²) < 4.78 is 5.13. The molecule has 0 radical (unpaired) electrons. The molecule has 21 heavy (non-hydrogen) atoms. The monoisotopic (exact) mass is 291 g/mol. The quantitative estimate of drug-likeness (QED) is 0.890. The number of carbonyl (C=O) groups excluding carboxylic acids is 1. The number of aryl methyl sites for hydroxylation is 2. The Morgan fingerprint density at radius 3 is 2.57 bits per heavy atom. The summed E-state index contributed by atoms with van der Waals surface area (Å²) >= 11 is 0. The lowest BCUT2D eigenvalue weighted by atomic mass is 9.67. The van der Waals surface area contributed by atoms with Crippen LogP contribution in [0.3, 0.4) is 0 Å². The van der Waals surface area contributed by atoms with Crippen molar-refractivity contribution in [3.8, 4) is 0 Å². The predicted octanol–water partition coefficient (Wildman–Crippen LogP) is 1.86. The fourth-order valence-electron chi connectivity index (χ4n) is 4.18. The molecule has 1 heterocycles. The molecule has 0 spiro atoms. The first-order valence-corrected chi connectivity index (χ1v) is 8.01. The highest BCUT2D eigenvalue weighted by Gasteiger charge is 2.39. The summed E-state index contributed by atoms with van der Waals surface area (Å²) in [5, 5.41) is 7.18. The number of nitrogens with two attached hydrogens (primary N) is 1. The Hall–Kier alpha value is -1.36. The van der Waals surface area contributed by atoms with E-state index >= 15 is 0 Å². The van der Waals surface area contributed by atoms with Gasteiger partial charge in [-0.15, -0.1) is 0 Å². The molecule has 2 bridgehead atoms. The molecule has 5 nitrogen and oxygen atoms in total. The average Bonchev–Trinajstić information content (AvgIpc) is 2.72. The number of amides is 1. The lowest BCUT2D eigenvalue weighted by molar-refractivity contribution is -0.122. The number of nitrogens with zero attached hydrogens (tertiary/aromatic N) is 1. The summed E-state index contributed by atoms with van der Waals surface area (Å²) in [5.41, 5.74) is 7.87. The van der Waals surface area contributed by atoms with Gasteiger partial charge in [-0.2, -0.15) is 0 Å². The standard InChI is InChI=1S/C16H25N3O2/c1-9-14(10(2)21-19-9)8-15(20)18-16-11-4-3-5-12(16)7-13(17)6-11/h11-13,16H,3-8,17H2,1-2H3,(H,18,20). The molecule has 2 saturated carbocycles. The maximum absolute atomic E-state index is 12.4. The van der Waals surface area contributed by atoms with E-state index in [1.165, 1.54) is 19.3 Å². The molecule has 3 N–H and O–H groups in total. The number of carbonyl (C=O) groups is 1. The Labute approximate surface area is 125 Å². The zero-order chi connectivity index (χ0) is 15.0. The number of aromatic nitrogens is 1. The highest BCUT2D eigenvalue weighted by molar-refractivity contribution is 5.79. The van der Waals surface area contributed by atoms with Crippen molar-refractivity contribution in [3.63, 3.8) is 0 Å². The minimum atomic E-state index is 0.0850. The van der Waals surface area contributed by atoms with Gasteiger partial charge in [0.1, 0.15) is 5.76 Å². The second kappa shape index (κ2) is 5.79. The first-order valence-electron chi connectivity index (χ1n) is 8.01. The van der Waals surface area contributed by atoms with Crippen LogP contribution < -0.4 is 11.1 Å². The van der Waals surface area contributed by atoms with Crippen LogP contribution in [0.15, 0.2) is 4.52 Å².